The van der Waals surface area contributed by atoms with E-state index in [0.29, 0.717) is 11.7 Å². The van der Waals surface area contributed by atoms with E-state index in [2.05, 4.69) is 15.5 Å². The molecule has 4 nitrogen and oxygen atoms in total. The highest BCUT2D eigenvalue weighted by molar-refractivity contribution is 5.91. The number of hydrogen-bond donors (Lipinski definition) is 2. The van der Waals surface area contributed by atoms with Crippen molar-refractivity contribution in [3.05, 3.63) is 71.7 Å². The lowest BCUT2D eigenvalue weighted by atomic mass is 9.86. The van der Waals surface area contributed by atoms with Crippen LogP contribution in [-0.4, -0.2) is 21.8 Å². The van der Waals surface area contributed by atoms with Gasteiger partial charge < -0.3 is 5.32 Å². The number of benzene rings is 1. The number of carbonyl (C=O) groups is 1. The second kappa shape index (κ2) is 6.52. The Balaban J connectivity index is 1.42. The Kier molecular flexibility index (Phi) is 4.18. The monoisotopic (exact) mass is 355 g/mol. The normalized spacial score (nSPS) is 25.0. The van der Waals surface area contributed by atoms with Gasteiger partial charge in [0.1, 0.15) is 5.83 Å². The Morgan fingerprint density at radius 1 is 1.31 bits per heavy atom. The van der Waals surface area contributed by atoms with Gasteiger partial charge in [-0.1, -0.05) is 36.4 Å². The van der Waals surface area contributed by atoms with E-state index in [-0.39, 0.29) is 5.92 Å². The minimum absolute atomic E-state index is 0.337. The van der Waals surface area contributed by atoms with Gasteiger partial charge in [-0.2, -0.15) is 5.10 Å². The van der Waals surface area contributed by atoms with Crippen LogP contribution in [0.2, 0.25) is 0 Å². The van der Waals surface area contributed by atoms with Crippen molar-refractivity contribution in [2.24, 2.45) is 0 Å². The van der Waals surface area contributed by atoms with Gasteiger partial charge in [-0.3, -0.25) is 9.89 Å². The van der Waals surface area contributed by atoms with Gasteiger partial charge >= 0.3 is 0 Å². The van der Waals surface area contributed by atoms with E-state index >= 15 is 0 Å². The van der Waals surface area contributed by atoms with Crippen molar-refractivity contribution in [3.63, 3.8) is 0 Å². The molecule has 1 heterocycles. The minimum atomic E-state index is -2.43. The molecule has 134 valence electrons. The Hall–Kier alpha value is -2.76. The number of anilines is 1. The van der Waals surface area contributed by atoms with Crippen molar-refractivity contribution in [1.82, 2.24) is 10.2 Å². The Bertz CT molecular complexity index is 870. The molecule has 4 rings (SSSR count). The lowest BCUT2D eigenvalue weighted by molar-refractivity contribution is -0.118. The van der Waals surface area contributed by atoms with Gasteiger partial charge in [-0.25, -0.2) is 8.78 Å². The highest BCUT2D eigenvalue weighted by atomic mass is 19.2. The van der Waals surface area contributed by atoms with Gasteiger partial charge in [-0.15, -0.1) is 0 Å². The number of carbonyl (C=O) groups excluding carboxylic acids is 1. The van der Waals surface area contributed by atoms with Crippen LogP contribution < -0.4 is 5.32 Å². The predicted octanol–water partition coefficient (Wildman–Crippen LogP) is 4.53. The van der Waals surface area contributed by atoms with Crippen LogP contribution in [0.25, 0.3) is 0 Å². The van der Waals surface area contributed by atoms with E-state index in [1.54, 1.807) is 12.1 Å². The quantitative estimate of drug-likeness (QED) is 0.774. The van der Waals surface area contributed by atoms with Gasteiger partial charge in [0.05, 0.1) is 6.42 Å². The summed E-state index contributed by atoms with van der Waals surface area (Å²) in [5.74, 6) is -1.09. The molecule has 0 saturated heterocycles. The van der Waals surface area contributed by atoms with E-state index in [1.165, 1.54) is 6.08 Å². The molecule has 2 aromatic rings. The molecule has 1 amide bonds. The predicted molar refractivity (Wildman–Crippen MR) is 95.2 cm³/mol. The van der Waals surface area contributed by atoms with E-state index in [0.717, 1.165) is 30.2 Å². The Labute approximate surface area is 150 Å². The maximum Gasteiger partial charge on any atom is 0.229 e. The lowest BCUT2D eigenvalue weighted by Gasteiger charge is -2.25. The third kappa shape index (κ3) is 3.45. The molecule has 1 aromatic carbocycles. The Morgan fingerprint density at radius 2 is 2.08 bits per heavy atom. The lowest BCUT2D eigenvalue weighted by Crippen LogP contribution is -2.30. The number of aromatic amines is 1. The molecule has 2 atom stereocenters. The first-order chi connectivity index (χ1) is 12.5. The highest BCUT2D eigenvalue weighted by Crippen LogP contribution is 2.40. The van der Waals surface area contributed by atoms with Crippen LogP contribution in [0.1, 0.15) is 42.4 Å². The number of nitrogens with one attached hydrogen (secondary N) is 2. The largest absolute Gasteiger partial charge is 0.309 e. The molecule has 0 spiro atoms. The fourth-order valence-corrected chi connectivity index (χ4v) is 3.14. The van der Waals surface area contributed by atoms with E-state index in [4.69, 9.17) is 0 Å². The van der Waals surface area contributed by atoms with Gasteiger partial charge in [0.2, 0.25) is 5.91 Å². The number of nitrogens with zero attached hydrogens (tertiary/aromatic N) is 1. The fraction of sp³-hybridized carbons (Fsp3) is 0.300. The topological polar surface area (TPSA) is 57.8 Å². The number of alkyl halides is 1. The van der Waals surface area contributed by atoms with Crippen molar-refractivity contribution in [2.45, 2.75) is 36.8 Å². The first kappa shape index (κ1) is 16.7. The molecular weight excluding hydrogens is 336 g/mol. The molecule has 0 aliphatic heterocycles. The number of rotatable bonds is 5. The molecule has 2 unspecified atom stereocenters. The first-order valence-electron chi connectivity index (χ1n) is 8.70. The number of allylic oxidation sites excluding steroid dienone is 4. The van der Waals surface area contributed by atoms with Crippen molar-refractivity contribution in [1.29, 1.82) is 0 Å². The summed E-state index contributed by atoms with van der Waals surface area (Å²) in [6.45, 7) is 0. The van der Waals surface area contributed by atoms with Crippen LogP contribution in [0.5, 0.6) is 0 Å². The summed E-state index contributed by atoms with van der Waals surface area (Å²) < 4.78 is 29.4. The summed E-state index contributed by atoms with van der Waals surface area (Å²) in [6.07, 6.45) is 5.53. The second-order valence-corrected chi connectivity index (χ2v) is 6.88. The fourth-order valence-electron chi connectivity index (χ4n) is 3.14. The molecule has 1 aromatic heterocycles. The summed E-state index contributed by atoms with van der Waals surface area (Å²) in [7, 11) is 0. The number of halogens is 2. The van der Waals surface area contributed by atoms with Gasteiger partial charge in [0.15, 0.2) is 11.5 Å². The summed E-state index contributed by atoms with van der Waals surface area (Å²) in [5.41, 5.74) is -0.593. The third-order valence-corrected chi connectivity index (χ3v) is 4.78. The maximum absolute atomic E-state index is 14.9. The zero-order chi connectivity index (χ0) is 18.1. The number of H-pyrrole nitrogens is 1. The molecule has 26 heavy (non-hydrogen) atoms. The smallest absolute Gasteiger partial charge is 0.229 e. The van der Waals surface area contributed by atoms with Crippen LogP contribution in [-0.2, 0) is 4.79 Å². The van der Waals surface area contributed by atoms with Crippen LogP contribution in [0.15, 0.2) is 60.5 Å². The van der Waals surface area contributed by atoms with Crippen LogP contribution in [0.4, 0.5) is 14.6 Å². The summed E-state index contributed by atoms with van der Waals surface area (Å²) in [6, 6.07) is 11.0. The van der Waals surface area contributed by atoms with Crippen molar-refractivity contribution in [2.75, 3.05) is 5.32 Å². The molecule has 0 radical (unpaired) electrons. The second-order valence-electron chi connectivity index (χ2n) is 6.88. The number of amides is 1. The molecular formula is C20H19F2N3O. The van der Waals surface area contributed by atoms with Crippen LogP contribution >= 0.6 is 0 Å². The van der Waals surface area contributed by atoms with Crippen molar-refractivity contribution >= 4 is 11.7 Å². The maximum atomic E-state index is 14.9. The average Bonchev–Trinajstić information content (AvgIpc) is 3.38. The zero-order valence-corrected chi connectivity index (χ0v) is 14.1. The van der Waals surface area contributed by atoms with Gasteiger partial charge in [0, 0.05) is 23.6 Å². The van der Waals surface area contributed by atoms with E-state index in [9.17, 15) is 13.6 Å². The minimum Gasteiger partial charge on any atom is -0.309 e. The Morgan fingerprint density at radius 3 is 2.77 bits per heavy atom. The van der Waals surface area contributed by atoms with Gasteiger partial charge in [-0.05, 0) is 30.6 Å². The van der Waals surface area contributed by atoms with Crippen molar-refractivity contribution < 1.29 is 13.6 Å². The highest BCUT2D eigenvalue weighted by Gasteiger charge is 2.38. The molecule has 2 N–H and O–H groups in total. The average molecular weight is 355 g/mol. The van der Waals surface area contributed by atoms with E-state index in [1.807, 2.05) is 30.3 Å². The summed E-state index contributed by atoms with van der Waals surface area (Å²) in [5, 5.41) is 9.39. The molecule has 1 fully saturated rings. The summed E-state index contributed by atoms with van der Waals surface area (Å²) >= 11 is 0. The van der Waals surface area contributed by atoms with Crippen LogP contribution in [0, 0.1) is 0 Å². The molecule has 2 aliphatic rings. The summed E-state index contributed by atoms with van der Waals surface area (Å²) in [4.78, 5) is 12.1. The molecule has 1 saturated carbocycles. The molecule has 2 aliphatic carbocycles. The first-order valence-corrected chi connectivity index (χ1v) is 8.70. The zero-order valence-electron chi connectivity index (χ0n) is 14.1. The molecule has 0 bridgehead atoms. The van der Waals surface area contributed by atoms with Gasteiger partial charge in [0.25, 0.3) is 0 Å². The molecule has 6 heteroatoms. The SMILES string of the molecule is O=C(CC1(F)C=CC(c2ccccc2)C=C1F)Nc1cc(C2CC2)[nH]n1. The number of aromatic nitrogens is 2. The van der Waals surface area contributed by atoms with E-state index < -0.39 is 23.8 Å². The standard InChI is InChI=1S/C20H19F2N3O/c21-17-10-15(13-4-2-1-3-5-13)8-9-20(17,22)12-19(26)23-18-11-16(24-25-18)14-6-7-14/h1-5,8-11,14-15H,6-7,12H2,(H2,23,24,25,26). The third-order valence-electron chi connectivity index (χ3n) is 4.78. The van der Waals surface area contributed by atoms with Crippen LogP contribution in [0.3, 0.4) is 0 Å². The van der Waals surface area contributed by atoms with Crippen molar-refractivity contribution in [3.8, 4) is 0 Å². The number of hydrogen-bond acceptors (Lipinski definition) is 2.